The number of carbonyl (C=O) groups is 1. The highest BCUT2D eigenvalue weighted by molar-refractivity contribution is 5.99. The number of anilines is 1. The van der Waals surface area contributed by atoms with E-state index in [0.717, 1.165) is 42.5 Å². The molecule has 0 unspecified atom stereocenters. The van der Waals surface area contributed by atoms with Gasteiger partial charge in [-0.3, -0.25) is 4.98 Å². The molecule has 5 nitrogen and oxygen atoms in total. The molecule has 0 spiro atoms. The smallest absolute Gasteiger partial charge is 0.319 e. The lowest BCUT2D eigenvalue weighted by atomic mass is 9.91. The second-order valence-electron chi connectivity index (χ2n) is 6.41. The maximum Gasteiger partial charge on any atom is 0.319 e. The maximum atomic E-state index is 12.3. The summed E-state index contributed by atoms with van der Waals surface area (Å²) >= 11 is 0. The van der Waals surface area contributed by atoms with E-state index in [1.165, 1.54) is 0 Å². The number of hydrogen-bond acceptors (Lipinski definition) is 3. The first-order valence-electron chi connectivity index (χ1n) is 8.23. The van der Waals surface area contributed by atoms with Crippen LogP contribution in [0.5, 0.6) is 0 Å². The number of pyridine rings is 1. The summed E-state index contributed by atoms with van der Waals surface area (Å²) in [7, 11) is 2.15. The molecule has 2 aromatic rings. The first-order chi connectivity index (χ1) is 11.1. The normalized spacial score (nSPS) is 17.8. The van der Waals surface area contributed by atoms with Crippen LogP contribution < -0.4 is 10.6 Å². The molecule has 2 amide bonds. The number of benzene rings is 1. The molecule has 0 bridgehead atoms. The Balaban J connectivity index is 1.62. The van der Waals surface area contributed by atoms with Crippen LogP contribution in [-0.4, -0.2) is 42.1 Å². The van der Waals surface area contributed by atoms with E-state index >= 15 is 0 Å². The Kier molecular flexibility index (Phi) is 4.76. The van der Waals surface area contributed by atoms with Crippen molar-refractivity contribution in [3.05, 3.63) is 36.5 Å². The number of urea groups is 1. The number of nitrogens with one attached hydrogen (secondary N) is 2. The van der Waals surface area contributed by atoms with Crippen molar-refractivity contribution >= 4 is 22.6 Å². The molecule has 3 rings (SSSR count). The van der Waals surface area contributed by atoms with Gasteiger partial charge in [0.25, 0.3) is 0 Å². The largest absolute Gasteiger partial charge is 0.335 e. The number of aromatic nitrogens is 1. The topological polar surface area (TPSA) is 57.3 Å². The molecule has 5 heteroatoms. The minimum absolute atomic E-state index is 0.158. The number of fused-ring (bicyclic) bond motifs is 1. The number of para-hydroxylation sites is 1. The zero-order valence-electron chi connectivity index (χ0n) is 13.7. The van der Waals surface area contributed by atoms with E-state index in [4.69, 9.17) is 0 Å². The molecule has 1 fully saturated rings. The van der Waals surface area contributed by atoms with Gasteiger partial charge in [0.05, 0.1) is 11.2 Å². The molecule has 1 saturated heterocycles. The second kappa shape index (κ2) is 6.96. The molecule has 122 valence electrons. The molecule has 0 radical (unpaired) electrons. The first-order valence-corrected chi connectivity index (χ1v) is 8.23. The number of amides is 2. The van der Waals surface area contributed by atoms with Crippen LogP contribution in [0.25, 0.3) is 10.9 Å². The zero-order valence-corrected chi connectivity index (χ0v) is 13.7. The fourth-order valence-electron chi connectivity index (χ4n) is 3.22. The van der Waals surface area contributed by atoms with E-state index in [0.29, 0.717) is 5.92 Å². The number of carbonyl (C=O) groups excluding carboxylic acids is 1. The molecule has 2 heterocycles. The first kappa shape index (κ1) is 15.7. The summed E-state index contributed by atoms with van der Waals surface area (Å²) < 4.78 is 0. The zero-order chi connectivity index (χ0) is 16.2. The molecule has 1 aromatic heterocycles. The molecule has 2 N–H and O–H groups in total. The van der Waals surface area contributed by atoms with Crippen LogP contribution in [-0.2, 0) is 0 Å². The highest BCUT2D eigenvalue weighted by Crippen LogP contribution is 2.22. The summed E-state index contributed by atoms with van der Waals surface area (Å²) in [5, 5.41) is 7.04. The van der Waals surface area contributed by atoms with Gasteiger partial charge in [-0.25, -0.2) is 4.79 Å². The Labute approximate surface area is 137 Å². The molecular formula is C18H24N4O. The molecule has 1 aliphatic heterocycles. The highest BCUT2D eigenvalue weighted by Gasteiger charge is 2.23. The van der Waals surface area contributed by atoms with Crippen molar-refractivity contribution in [1.82, 2.24) is 15.2 Å². The molecule has 0 aliphatic carbocycles. The molecule has 1 aliphatic rings. The van der Waals surface area contributed by atoms with Crippen LogP contribution in [0.15, 0.2) is 36.5 Å². The van der Waals surface area contributed by atoms with Gasteiger partial charge < -0.3 is 15.5 Å². The van der Waals surface area contributed by atoms with Crippen molar-refractivity contribution in [1.29, 1.82) is 0 Å². The number of piperidine rings is 1. The Morgan fingerprint density at radius 2 is 2.00 bits per heavy atom. The van der Waals surface area contributed by atoms with E-state index in [-0.39, 0.29) is 12.1 Å². The number of hydrogen-bond donors (Lipinski definition) is 2. The van der Waals surface area contributed by atoms with Crippen molar-refractivity contribution in [3.63, 3.8) is 0 Å². The molecule has 23 heavy (non-hydrogen) atoms. The van der Waals surface area contributed by atoms with Gasteiger partial charge in [-0.1, -0.05) is 18.2 Å². The van der Waals surface area contributed by atoms with Gasteiger partial charge >= 0.3 is 6.03 Å². The summed E-state index contributed by atoms with van der Waals surface area (Å²) in [5.41, 5.74) is 1.56. The van der Waals surface area contributed by atoms with Crippen LogP contribution in [0.3, 0.4) is 0 Å². The van der Waals surface area contributed by atoms with Crippen LogP contribution in [0.2, 0.25) is 0 Å². The summed E-state index contributed by atoms with van der Waals surface area (Å²) in [6.07, 6.45) is 4.01. The summed E-state index contributed by atoms with van der Waals surface area (Å²) in [4.78, 5) is 19.0. The Bertz CT molecular complexity index is 674. The summed E-state index contributed by atoms with van der Waals surface area (Å²) in [6.45, 7) is 4.30. The Morgan fingerprint density at radius 3 is 2.78 bits per heavy atom. The van der Waals surface area contributed by atoms with E-state index < -0.39 is 0 Å². The second-order valence-corrected chi connectivity index (χ2v) is 6.41. The van der Waals surface area contributed by atoms with Crippen LogP contribution in [0.4, 0.5) is 10.5 Å². The molecule has 1 aromatic carbocycles. The fourth-order valence-corrected chi connectivity index (χ4v) is 3.22. The monoisotopic (exact) mass is 312 g/mol. The van der Waals surface area contributed by atoms with Gasteiger partial charge in [0.2, 0.25) is 0 Å². The van der Waals surface area contributed by atoms with Crippen molar-refractivity contribution < 1.29 is 4.79 Å². The van der Waals surface area contributed by atoms with E-state index in [9.17, 15) is 4.79 Å². The average Bonchev–Trinajstić information content (AvgIpc) is 2.55. The standard InChI is InChI=1S/C18H24N4O/c1-13(14-8-11-22(2)12-9-14)20-18(23)21-16-7-3-5-15-6-4-10-19-17(15)16/h3-7,10,13-14H,8-9,11-12H2,1-2H3,(H2,20,21,23)/t13-/m0/s1. The van der Waals surface area contributed by atoms with Crippen LogP contribution >= 0.6 is 0 Å². The number of likely N-dealkylation sites (tertiary alicyclic amines) is 1. The third kappa shape index (κ3) is 3.79. The lowest BCUT2D eigenvalue weighted by Crippen LogP contribution is -2.44. The van der Waals surface area contributed by atoms with Gasteiger partial charge in [0.15, 0.2) is 0 Å². The van der Waals surface area contributed by atoms with Crippen molar-refractivity contribution in [2.24, 2.45) is 5.92 Å². The average molecular weight is 312 g/mol. The summed E-state index contributed by atoms with van der Waals surface area (Å²) in [6, 6.07) is 9.71. The summed E-state index contributed by atoms with van der Waals surface area (Å²) in [5.74, 6) is 0.544. The third-order valence-electron chi connectivity index (χ3n) is 4.71. The Morgan fingerprint density at radius 1 is 1.26 bits per heavy atom. The van der Waals surface area contributed by atoms with Gasteiger partial charge in [-0.15, -0.1) is 0 Å². The minimum atomic E-state index is -0.158. The number of nitrogens with zero attached hydrogens (tertiary/aromatic N) is 2. The van der Waals surface area contributed by atoms with Gasteiger partial charge in [0, 0.05) is 17.6 Å². The minimum Gasteiger partial charge on any atom is -0.335 e. The Hall–Kier alpha value is -2.14. The van der Waals surface area contributed by atoms with E-state index in [1.807, 2.05) is 30.3 Å². The SMILES string of the molecule is C[C@H](NC(=O)Nc1cccc2cccnc12)C1CCN(C)CC1. The van der Waals surface area contributed by atoms with Crippen molar-refractivity contribution in [2.45, 2.75) is 25.8 Å². The van der Waals surface area contributed by atoms with E-state index in [1.54, 1.807) is 6.20 Å². The molecule has 1 atom stereocenters. The molecule has 0 saturated carbocycles. The van der Waals surface area contributed by atoms with Gasteiger partial charge in [-0.05, 0) is 58.0 Å². The van der Waals surface area contributed by atoms with Crippen molar-refractivity contribution in [3.8, 4) is 0 Å². The predicted molar refractivity (Wildman–Crippen MR) is 93.6 cm³/mol. The van der Waals surface area contributed by atoms with E-state index in [2.05, 4.69) is 34.5 Å². The number of rotatable bonds is 3. The lowest BCUT2D eigenvalue weighted by Gasteiger charge is -2.33. The van der Waals surface area contributed by atoms with Gasteiger partial charge in [-0.2, -0.15) is 0 Å². The quantitative estimate of drug-likeness (QED) is 0.915. The van der Waals surface area contributed by atoms with Crippen LogP contribution in [0, 0.1) is 5.92 Å². The van der Waals surface area contributed by atoms with Crippen LogP contribution in [0.1, 0.15) is 19.8 Å². The predicted octanol–water partition coefficient (Wildman–Crippen LogP) is 3.09. The highest BCUT2D eigenvalue weighted by atomic mass is 16.2. The lowest BCUT2D eigenvalue weighted by molar-refractivity contribution is 0.189. The molecular weight excluding hydrogens is 288 g/mol. The van der Waals surface area contributed by atoms with Gasteiger partial charge in [0.1, 0.15) is 0 Å². The third-order valence-corrected chi connectivity index (χ3v) is 4.71. The fraction of sp³-hybridized carbons (Fsp3) is 0.444. The maximum absolute atomic E-state index is 12.3. The van der Waals surface area contributed by atoms with Crippen molar-refractivity contribution in [2.75, 3.05) is 25.5 Å².